The Hall–Kier alpha value is -3.05. The van der Waals surface area contributed by atoms with Gasteiger partial charge in [0.2, 0.25) is 11.1 Å². The standard InChI is InChI=1S/C17H15N7O2S2/c1-10-7-8-11-16(21-28-20-11)15(10)18-14(25)9-27-17-19-22-23-24(17)12-5-3-4-6-13(12)26-2/h3-8H,9H2,1-2H3,(H,18,25). The molecule has 0 aliphatic rings. The maximum atomic E-state index is 12.5. The molecule has 0 atom stereocenters. The van der Waals surface area contributed by atoms with Crippen LogP contribution in [-0.4, -0.2) is 47.7 Å². The SMILES string of the molecule is COc1ccccc1-n1nnnc1SCC(=O)Nc1c(C)ccc2nsnc12. The number of ether oxygens (including phenoxy) is 1. The molecule has 0 aliphatic carbocycles. The lowest BCUT2D eigenvalue weighted by Gasteiger charge is -2.10. The Balaban J connectivity index is 1.50. The highest BCUT2D eigenvalue weighted by Crippen LogP contribution is 2.27. The maximum absolute atomic E-state index is 12.5. The van der Waals surface area contributed by atoms with Gasteiger partial charge in [-0.25, -0.2) is 0 Å². The molecule has 28 heavy (non-hydrogen) atoms. The Labute approximate surface area is 168 Å². The van der Waals surface area contributed by atoms with Crippen molar-refractivity contribution in [2.45, 2.75) is 12.1 Å². The fourth-order valence-corrected chi connectivity index (χ4v) is 3.87. The summed E-state index contributed by atoms with van der Waals surface area (Å²) < 4.78 is 15.4. The number of benzene rings is 2. The van der Waals surface area contributed by atoms with Gasteiger partial charge in [0.15, 0.2) is 0 Å². The first-order valence-corrected chi connectivity index (χ1v) is 9.95. The number of fused-ring (bicyclic) bond motifs is 1. The zero-order valence-corrected chi connectivity index (χ0v) is 16.6. The fraction of sp³-hybridized carbons (Fsp3) is 0.176. The number of methoxy groups -OCH3 is 1. The molecule has 0 radical (unpaired) electrons. The first kappa shape index (κ1) is 18.3. The number of nitrogens with one attached hydrogen (secondary N) is 1. The number of carbonyl (C=O) groups is 1. The summed E-state index contributed by atoms with van der Waals surface area (Å²) in [4.78, 5) is 12.5. The van der Waals surface area contributed by atoms with Crippen molar-refractivity contribution < 1.29 is 9.53 Å². The lowest BCUT2D eigenvalue weighted by Crippen LogP contribution is -2.16. The van der Waals surface area contributed by atoms with E-state index < -0.39 is 0 Å². The summed E-state index contributed by atoms with van der Waals surface area (Å²) in [6.07, 6.45) is 0. The monoisotopic (exact) mass is 413 g/mol. The van der Waals surface area contributed by atoms with Gasteiger partial charge >= 0.3 is 0 Å². The third-order valence-corrected chi connectivity index (χ3v) is 5.45. The highest BCUT2D eigenvalue weighted by molar-refractivity contribution is 7.99. The number of amides is 1. The van der Waals surface area contributed by atoms with Crippen molar-refractivity contribution in [1.82, 2.24) is 29.0 Å². The molecule has 2 aromatic heterocycles. The minimum atomic E-state index is -0.178. The smallest absolute Gasteiger partial charge is 0.234 e. The average molecular weight is 413 g/mol. The van der Waals surface area contributed by atoms with E-state index in [1.165, 1.54) is 11.8 Å². The number of hydrogen-bond acceptors (Lipinski definition) is 9. The molecule has 0 bridgehead atoms. The number of rotatable bonds is 6. The van der Waals surface area contributed by atoms with Crippen molar-refractivity contribution in [3.05, 3.63) is 42.0 Å². The van der Waals surface area contributed by atoms with Crippen LogP contribution in [0.15, 0.2) is 41.6 Å². The van der Waals surface area contributed by atoms with Crippen molar-refractivity contribution in [2.75, 3.05) is 18.2 Å². The molecule has 11 heteroatoms. The van der Waals surface area contributed by atoms with Crippen molar-refractivity contribution in [3.8, 4) is 11.4 Å². The second-order valence-electron chi connectivity index (χ2n) is 5.77. The van der Waals surface area contributed by atoms with E-state index in [-0.39, 0.29) is 11.7 Å². The lowest BCUT2D eigenvalue weighted by atomic mass is 10.1. The van der Waals surface area contributed by atoms with Crippen LogP contribution in [-0.2, 0) is 4.79 Å². The minimum Gasteiger partial charge on any atom is -0.494 e. The Kier molecular flexibility index (Phi) is 5.17. The number of nitrogens with zero attached hydrogens (tertiary/aromatic N) is 6. The van der Waals surface area contributed by atoms with Crippen LogP contribution in [0.25, 0.3) is 16.7 Å². The number of carbonyl (C=O) groups excluding carboxylic acids is 1. The Morgan fingerprint density at radius 3 is 2.96 bits per heavy atom. The van der Waals surface area contributed by atoms with Gasteiger partial charge in [0, 0.05) is 0 Å². The summed E-state index contributed by atoms with van der Waals surface area (Å²) in [6, 6.07) is 11.2. The molecular formula is C17H15N7O2S2. The van der Waals surface area contributed by atoms with Crippen molar-refractivity contribution in [1.29, 1.82) is 0 Å². The van der Waals surface area contributed by atoms with Crippen LogP contribution < -0.4 is 10.1 Å². The third-order valence-electron chi connectivity index (χ3n) is 3.99. The minimum absolute atomic E-state index is 0.142. The van der Waals surface area contributed by atoms with Gasteiger partial charge in [0.1, 0.15) is 22.5 Å². The quantitative estimate of drug-likeness (QED) is 0.481. The van der Waals surface area contributed by atoms with Crippen LogP contribution in [0.1, 0.15) is 5.56 Å². The molecule has 142 valence electrons. The van der Waals surface area contributed by atoms with E-state index in [0.717, 1.165) is 22.8 Å². The largest absolute Gasteiger partial charge is 0.494 e. The summed E-state index contributed by atoms with van der Waals surface area (Å²) >= 11 is 2.35. The summed E-state index contributed by atoms with van der Waals surface area (Å²) in [6.45, 7) is 1.92. The molecule has 2 aromatic carbocycles. The molecule has 1 amide bonds. The summed E-state index contributed by atoms with van der Waals surface area (Å²) in [5.74, 6) is 0.603. The van der Waals surface area contributed by atoms with E-state index >= 15 is 0 Å². The second kappa shape index (κ2) is 7.90. The molecule has 4 rings (SSSR count). The number of thioether (sulfide) groups is 1. The highest BCUT2D eigenvalue weighted by Gasteiger charge is 2.16. The van der Waals surface area contributed by atoms with E-state index in [1.807, 2.05) is 43.3 Å². The van der Waals surface area contributed by atoms with Gasteiger partial charge < -0.3 is 10.1 Å². The number of aryl methyl sites for hydroxylation is 1. The second-order valence-corrected chi connectivity index (χ2v) is 7.24. The van der Waals surface area contributed by atoms with Crippen LogP contribution in [0.2, 0.25) is 0 Å². The van der Waals surface area contributed by atoms with Gasteiger partial charge in [-0.3, -0.25) is 4.79 Å². The lowest BCUT2D eigenvalue weighted by molar-refractivity contribution is -0.113. The predicted octanol–water partition coefficient (Wildman–Crippen LogP) is 2.71. The normalized spacial score (nSPS) is 10.9. The van der Waals surface area contributed by atoms with Gasteiger partial charge in [-0.1, -0.05) is 30.0 Å². The van der Waals surface area contributed by atoms with E-state index in [1.54, 1.807) is 11.8 Å². The van der Waals surface area contributed by atoms with Gasteiger partial charge in [-0.15, -0.1) is 5.10 Å². The van der Waals surface area contributed by atoms with Crippen molar-refractivity contribution in [2.24, 2.45) is 0 Å². The Bertz CT molecular complexity index is 1140. The summed E-state index contributed by atoms with van der Waals surface area (Å²) in [5, 5.41) is 15.2. The topological polar surface area (TPSA) is 108 Å². The highest BCUT2D eigenvalue weighted by atomic mass is 32.2. The van der Waals surface area contributed by atoms with Crippen molar-refractivity contribution >= 4 is 46.1 Å². The predicted molar refractivity (Wildman–Crippen MR) is 107 cm³/mol. The number of para-hydroxylation sites is 2. The zero-order chi connectivity index (χ0) is 19.5. The number of aromatic nitrogens is 6. The van der Waals surface area contributed by atoms with Crippen LogP contribution in [0.3, 0.4) is 0 Å². The summed E-state index contributed by atoms with van der Waals surface area (Å²) in [5.41, 5.74) is 3.77. The Morgan fingerprint density at radius 1 is 1.25 bits per heavy atom. The molecule has 0 unspecified atom stereocenters. The molecule has 0 aliphatic heterocycles. The van der Waals surface area contributed by atoms with E-state index in [0.29, 0.717) is 27.8 Å². The van der Waals surface area contributed by atoms with Gasteiger partial charge in [0.05, 0.1) is 30.3 Å². The van der Waals surface area contributed by atoms with Crippen LogP contribution >= 0.6 is 23.5 Å². The van der Waals surface area contributed by atoms with Gasteiger partial charge in [0.25, 0.3) is 0 Å². The van der Waals surface area contributed by atoms with Gasteiger partial charge in [-0.2, -0.15) is 13.4 Å². The number of anilines is 1. The average Bonchev–Trinajstić information content (AvgIpc) is 3.37. The molecule has 2 heterocycles. The number of tetrazole rings is 1. The first-order valence-electron chi connectivity index (χ1n) is 8.23. The van der Waals surface area contributed by atoms with E-state index in [9.17, 15) is 4.79 Å². The molecule has 0 saturated heterocycles. The molecule has 1 N–H and O–H groups in total. The fourth-order valence-electron chi connectivity index (χ4n) is 2.64. The zero-order valence-electron chi connectivity index (χ0n) is 15.0. The Morgan fingerprint density at radius 2 is 2.11 bits per heavy atom. The van der Waals surface area contributed by atoms with Crippen LogP contribution in [0.5, 0.6) is 5.75 Å². The molecule has 0 fully saturated rings. The molecule has 9 nitrogen and oxygen atoms in total. The molecule has 0 saturated carbocycles. The first-order chi connectivity index (χ1) is 13.7. The maximum Gasteiger partial charge on any atom is 0.234 e. The molecule has 0 spiro atoms. The van der Waals surface area contributed by atoms with Crippen LogP contribution in [0.4, 0.5) is 5.69 Å². The third kappa shape index (κ3) is 3.53. The molecular weight excluding hydrogens is 398 g/mol. The number of hydrogen-bond donors (Lipinski definition) is 1. The van der Waals surface area contributed by atoms with Gasteiger partial charge in [-0.05, 0) is 41.1 Å². The van der Waals surface area contributed by atoms with E-state index in [4.69, 9.17) is 4.74 Å². The summed E-state index contributed by atoms with van der Waals surface area (Å²) in [7, 11) is 1.58. The van der Waals surface area contributed by atoms with Crippen molar-refractivity contribution in [3.63, 3.8) is 0 Å². The van der Waals surface area contributed by atoms with Crippen LogP contribution in [0, 0.1) is 6.92 Å². The van der Waals surface area contributed by atoms with E-state index in [2.05, 4.69) is 29.6 Å². The molecule has 4 aromatic rings.